The van der Waals surface area contributed by atoms with Crippen molar-refractivity contribution >= 4 is 50.4 Å². The molecule has 1 fully saturated rings. The van der Waals surface area contributed by atoms with E-state index in [0.717, 1.165) is 9.35 Å². The van der Waals surface area contributed by atoms with Crippen molar-refractivity contribution in [3.05, 3.63) is 86.5 Å². The lowest BCUT2D eigenvalue weighted by molar-refractivity contribution is -0.132. The van der Waals surface area contributed by atoms with E-state index in [1.54, 1.807) is 48.5 Å². The van der Waals surface area contributed by atoms with Gasteiger partial charge in [-0.3, -0.25) is 14.5 Å². The lowest BCUT2D eigenvalue weighted by atomic mass is 10.00. The summed E-state index contributed by atoms with van der Waals surface area (Å²) >= 11 is 4.79. The molecule has 2 heterocycles. The summed E-state index contributed by atoms with van der Waals surface area (Å²) in [6.07, 6.45) is 0. The van der Waals surface area contributed by atoms with Crippen LogP contribution < -0.4 is 9.64 Å². The number of aliphatic hydroxyl groups excluding tert-OH is 1. The normalized spacial score (nSPS) is 18.1. The highest BCUT2D eigenvalue weighted by Gasteiger charge is 2.47. The summed E-state index contributed by atoms with van der Waals surface area (Å²) in [6, 6.07) is 17.0. The third kappa shape index (κ3) is 3.66. The number of anilines is 1. The molecule has 152 valence electrons. The van der Waals surface area contributed by atoms with Gasteiger partial charge in [-0.15, -0.1) is 11.3 Å². The molecule has 1 aromatic heterocycles. The maximum absolute atomic E-state index is 13.1. The van der Waals surface area contributed by atoms with Crippen molar-refractivity contribution in [3.8, 4) is 5.75 Å². The number of Topliss-reactive ketones (excluding diaryl/α,β-unsaturated/α-hetero) is 1. The van der Waals surface area contributed by atoms with E-state index < -0.39 is 17.7 Å². The second-order valence-corrected chi connectivity index (χ2v) is 8.52. The average molecular weight is 484 g/mol. The van der Waals surface area contributed by atoms with Gasteiger partial charge < -0.3 is 9.84 Å². The minimum atomic E-state index is -0.717. The highest BCUT2D eigenvalue weighted by molar-refractivity contribution is 9.10. The van der Waals surface area contributed by atoms with E-state index in [4.69, 9.17) is 4.74 Å². The summed E-state index contributed by atoms with van der Waals surface area (Å²) in [5, 5.41) is 12.9. The number of aliphatic hydroxyl groups is 1. The summed E-state index contributed by atoms with van der Waals surface area (Å²) < 4.78 is 6.41. The molecule has 3 aromatic rings. The number of carbonyl (C=O) groups excluding carboxylic acids is 2. The molecule has 7 heteroatoms. The Morgan fingerprint density at radius 3 is 2.57 bits per heavy atom. The Balaban J connectivity index is 1.88. The molecular weight excluding hydrogens is 466 g/mol. The van der Waals surface area contributed by atoms with Crippen molar-refractivity contribution in [2.75, 3.05) is 11.5 Å². The van der Waals surface area contributed by atoms with Gasteiger partial charge in [0.05, 0.1) is 12.2 Å². The molecule has 5 nitrogen and oxygen atoms in total. The molecule has 0 radical (unpaired) electrons. The van der Waals surface area contributed by atoms with Gasteiger partial charge in [0, 0.05) is 26.7 Å². The Morgan fingerprint density at radius 1 is 1.13 bits per heavy atom. The van der Waals surface area contributed by atoms with Gasteiger partial charge in [-0.2, -0.15) is 0 Å². The van der Waals surface area contributed by atoms with E-state index in [1.165, 1.54) is 16.2 Å². The molecule has 1 atom stereocenters. The first-order valence-electron chi connectivity index (χ1n) is 9.34. The Morgan fingerprint density at radius 2 is 1.90 bits per heavy atom. The fourth-order valence-electron chi connectivity index (χ4n) is 3.47. The third-order valence-electron chi connectivity index (χ3n) is 4.78. The molecule has 0 aliphatic carbocycles. The second kappa shape index (κ2) is 8.45. The number of benzene rings is 2. The van der Waals surface area contributed by atoms with Crippen LogP contribution in [0.3, 0.4) is 0 Å². The zero-order chi connectivity index (χ0) is 21.3. The highest BCUT2D eigenvalue weighted by atomic mass is 79.9. The van der Waals surface area contributed by atoms with E-state index in [1.807, 2.05) is 24.4 Å². The molecule has 1 unspecified atom stereocenters. The van der Waals surface area contributed by atoms with Crippen LogP contribution in [-0.2, 0) is 9.59 Å². The number of rotatable bonds is 5. The van der Waals surface area contributed by atoms with Crippen LogP contribution in [0.4, 0.5) is 5.69 Å². The highest BCUT2D eigenvalue weighted by Crippen LogP contribution is 2.44. The molecule has 2 aromatic carbocycles. The summed E-state index contributed by atoms with van der Waals surface area (Å²) in [4.78, 5) is 28.3. The van der Waals surface area contributed by atoms with Gasteiger partial charge in [0.1, 0.15) is 17.6 Å². The molecule has 1 N–H and O–H groups in total. The number of ether oxygens (including phenoxy) is 1. The van der Waals surface area contributed by atoms with E-state index in [0.29, 0.717) is 23.6 Å². The maximum Gasteiger partial charge on any atom is 0.300 e. The van der Waals surface area contributed by atoms with E-state index in [-0.39, 0.29) is 11.3 Å². The fraction of sp³-hybridized carbons (Fsp3) is 0.130. The number of amides is 1. The zero-order valence-electron chi connectivity index (χ0n) is 16.0. The topological polar surface area (TPSA) is 66.8 Å². The van der Waals surface area contributed by atoms with E-state index >= 15 is 0 Å². The summed E-state index contributed by atoms with van der Waals surface area (Å²) in [5.41, 5.74) is 1.09. The van der Waals surface area contributed by atoms with Crippen LogP contribution in [0.5, 0.6) is 5.75 Å². The predicted octanol–water partition coefficient (Wildman–Crippen LogP) is 5.54. The first-order valence-corrected chi connectivity index (χ1v) is 11.0. The van der Waals surface area contributed by atoms with Gasteiger partial charge in [0.2, 0.25) is 0 Å². The molecule has 1 aliphatic heterocycles. The van der Waals surface area contributed by atoms with Crippen molar-refractivity contribution < 1.29 is 19.4 Å². The van der Waals surface area contributed by atoms with Gasteiger partial charge in [0.15, 0.2) is 0 Å². The predicted molar refractivity (Wildman–Crippen MR) is 121 cm³/mol. The molecular formula is C23H18BrNO4S. The Labute approximate surface area is 186 Å². The number of hydrogen-bond acceptors (Lipinski definition) is 5. The lowest BCUT2D eigenvalue weighted by Crippen LogP contribution is -2.29. The zero-order valence-corrected chi connectivity index (χ0v) is 18.4. The maximum atomic E-state index is 13.1. The quantitative estimate of drug-likeness (QED) is 0.294. The fourth-order valence-corrected chi connectivity index (χ4v) is 4.56. The number of hydrogen-bond donors (Lipinski definition) is 1. The smallest absolute Gasteiger partial charge is 0.300 e. The Hall–Kier alpha value is -2.90. The van der Waals surface area contributed by atoms with Crippen LogP contribution in [0.1, 0.15) is 23.4 Å². The number of carbonyl (C=O) groups is 2. The van der Waals surface area contributed by atoms with E-state index in [2.05, 4.69) is 15.9 Å². The van der Waals surface area contributed by atoms with E-state index in [9.17, 15) is 14.7 Å². The number of nitrogens with zero attached hydrogens (tertiary/aromatic N) is 1. The standard InChI is InChI=1S/C23H18BrNO4S/c1-2-29-17-6-3-5-16(13-17)25-20(18-7-4-12-30-18)19(22(27)23(25)28)21(26)14-8-10-15(24)11-9-14/h3-13,20,26H,2H2,1H3/b21-19-. The monoisotopic (exact) mass is 483 g/mol. The van der Waals surface area contributed by atoms with Gasteiger partial charge >= 0.3 is 0 Å². The molecule has 0 saturated carbocycles. The summed E-state index contributed by atoms with van der Waals surface area (Å²) in [7, 11) is 0. The first kappa shape index (κ1) is 20.4. The second-order valence-electron chi connectivity index (χ2n) is 6.62. The first-order chi connectivity index (χ1) is 14.5. The minimum absolute atomic E-state index is 0.0755. The van der Waals surface area contributed by atoms with Crippen molar-refractivity contribution in [1.82, 2.24) is 0 Å². The van der Waals surface area contributed by atoms with Gasteiger partial charge in [-0.25, -0.2) is 0 Å². The van der Waals surface area contributed by atoms with Gasteiger partial charge in [-0.05, 0) is 42.6 Å². The van der Waals surface area contributed by atoms with Crippen LogP contribution in [0.25, 0.3) is 5.76 Å². The molecule has 0 spiro atoms. The Bertz CT molecular complexity index is 1120. The van der Waals surface area contributed by atoms with Gasteiger partial charge in [0.25, 0.3) is 11.7 Å². The van der Waals surface area contributed by atoms with Crippen LogP contribution in [-0.4, -0.2) is 23.4 Å². The molecule has 1 aliphatic rings. The SMILES string of the molecule is CCOc1cccc(N2C(=O)C(=O)/C(=C(\O)c3ccc(Br)cc3)C2c2cccs2)c1. The van der Waals surface area contributed by atoms with Crippen molar-refractivity contribution in [2.45, 2.75) is 13.0 Å². The molecule has 4 rings (SSSR count). The molecule has 30 heavy (non-hydrogen) atoms. The lowest BCUT2D eigenvalue weighted by Gasteiger charge is -2.24. The van der Waals surface area contributed by atoms with Crippen LogP contribution in [0.2, 0.25) is 0 Å². The molecule has 1 amide bonds. The summed E-state index contributed by atoms with van der Waals surface area (Å²) in [5.74, 6) is -0.978. The minimum Gasteiger partial charge on any atom is -0.507 e. The summed E-state index contributed by atoms with van der Waals surface area (Å²) in [6.45, 7) is 2.36. The molecule has 1 saturated heterocycles. The van der Waals surface area contributed by atoms with Gasteiger partial charge in [-0.1, -0.05) is 40.2 Å². The number of halogens is 1. The van der Waals surface area contributed by atoms with Crippen molar-refractivity contribution in [1.29, 1.82) is 0 Å². The van der Waals surface area contributed by atoms with Crippen molar-refractivity contribution in [3.63, 3.8) is 0 Å². The largest absolute Gasteiger partial charge is 0.507 e. The number of ketones is 1. The molecule has 0 bridgehead atoms. The van der Waals surface area contributed by atoms with Crippen LogP contribution in [0, 0.1) is 0 Å². The average Bonchev–Trinajstić information content (AvgIpc) is 3.36. The third-order valence-corrected chi connectivity index (χ3v) is 6.23. The van der Waals surface area contributed by atoms with Crippen LogP contribution >= 0.6 is 27.3 Å². The van der Waals surface area contributed by atoms with Crippen LogP contribution in [0.15, 0.2) is 76.1 Å². The Kier molecular flexibility index (Phi) is 5.74. The van der Waals surface area contributed by atoms with Crippen molar-refractivity contribution in [2.24, 2.45) is 0 Å². The number of thiophene rings is 1.